The number of benzene rings is 2. The molecule has 0 radical (unpaired) electrons. The molecular weight excluding hydrogens is 264 g/mol. The van der Waals surface area contributed by atoms with Gasteiger partial charge in [-0.25, -0.2) is 0 Å². The van der Waals surface area contributed by atoms with Gasteiger partial charge >= 0.3 is 0 Å². The number of anilines is 1. The van der Waals surface area contributed by atoms with Crippen LogP contribution in [0.3, 0.4) is 0 Å². The van der Waals surface area contributed by atoms with Crippen LogP contribution in [0.2, 0.25) is 0 Å². The molecule has 1 saturated heterocycles. The molecule has 4 heteroatoms. The smallest absolute Gasteiger partial charge is 0.0998 e. The lowest BCUT2D eigenvalue weighted by molar-refractivity contribution is 0.0380. The minimum Gasteiger partial charge on any atom is -0.394 e. The maximum absolute atomic E-state index is 9.81. The summed E-state index contributed by atoms with van der Waals surface area (Å²) >= 11 is 0. The fraction of sp³-hybridized carbons (Fsp3) is 0.353. The number of nitrogens with one attached hydrogen (secondary N) is 1. The van der Waals surface area contributed by atoms with E-state index in [1.807, 2.05) is 36.4 Å². The highest BCUT2D eigenvalue weighted by Gasteiger charge is 2.32. The highest BCUT2D eigenvalue weighted by Crippen LogP contribution is 2.31. The minimum atomic E-state index is -0.338. The summed E-state index contributed by atoms with van der Waals surface area (Å²) in [4.78, 5) is 0. The van der Waals surface area contributed by atoms with Gasteiger partial charge in [0.15, 0.2) is 0 Å². The second-order valence-electron chi connectivity index (χ2n) is 5.49. The van der Waals surface area contributed by atoms with Gasteiger partial charge in [-0.1, -0.05) is 24.3 Å². The van der Waals surface area contributed by atoms with Crippen molar-refractivity contribution in [3.8, 4) is 6.07 Å². The molecule has 0 amide bonds. The Morgan fingerprint density at radius 1 is 1.14 bits per heavy atom. The van der Waals surface area contributed by atoms with Crippen molar-refractivity contribution < 1.29 is 9.84 Å². The Morgan fingerprint density at radius 3 is 2.52 bits per heavy atom. The van der Waals surface area contributed by atoms with Crippen LogP contribution < -0.4 is 5.32 Å². The summed E-state index contributed by atoms with van der Waals surface area (Å²) < 4.78 is 5.39. The summed E-state index contributed by atoms with van der Waals surface area (Å²) in [5, 5.41) is 24.5. The van der Waals surface area contributed by atoms with Gasteiger partial charge < -0.3 is 15.2 Å². The largest absolute Gasteiger partial charge is 0.394 e. The van der Waals surface area contributed by atoms with Crippen molar-refractivity contribution in [3.63, 3.8) is 0 Å². The Labute approximate surface area is 124 Å². The Balaban J connectivity index is 2.03. The molecule has 0 aromatic heterocycles. The van der Waals surface area contributed by atoms with Crippen LogP contribution in [0.15, 0.2) is 36.4 Å². The first-order chi connectivity index (χ1) is 10.3. The number of nitriles is 1. The van der Waals surface area contributed by atoms with E-state index < -0.39 is 0 Å². The molecule has 1 aliphatic heterocycles. The third kappa shape index (κ3) is 2.58. The maximum atomic E-state index is 9.81. The van der Waals surface area contributed by atoms with Gasteiger partial charge in [0.1, 0.15) is 0 Å². The number of hydrogen-bond donors (Lipinski definition) is 2. The first kappa shape index (κ1) is 13.9. The second-order valence-corrected chi connectivity index (χ2v) is 5.49. The summed E-state index contributed by atoms with van der Waals surface area (Å²) in [5.74, 6) is 0. The highest BCUT2D eigenvalue weighted by molar-refractivity contribution is 5.97. The zero-order valence-electron chi connectivity index (χ0n) is 11.8. The number of aliphatic hydroxyl groups excluding tert-OH is 1. The van der Waals surface area contributed by atoms with Crippen molar-refractivity contribution in [3.05, 3.63) is 42.0 Å². The van der Waals surface area contributed by atoms with Crippen molar-refractivity contribution in [2.45, 2.75) is 18.4 Å². The average molecular weight is 282 g/mol. The number of aliphatic hydroxyl groups is 1. The Kier molecular flexibility index (Phi) is 3.78. The zero-order valence-corrected chi connectivity index (χ0v) is 11.8. The van der Waals surface area contributed by atoms with Gasteiger partial charge in [-0.15, -0.1) is 0 Å². The number of nitrogens with zero attached hydrogens (tertiary/aromatic N) is 1. The summed E-state index contributed by atoms with van der Waals surface area (Å²) in [6, 6.07) is 13.8. The monoisotopic (exact) mass is 282 g/mol. The van der Waals surface area contributed by atoms with E-state index in [0.29, 0.717) is 18.8 Å². The summed E-state index contributed by atoms with van der Waals surface area (Å²) in [6.45, 7) is 1.38. The van der Waals surface area contributed by atoms with Gasteiger partial charge in [-0.2, -0.15) is 5.26 Å². The Morgan fingerprint density at radius 2 is 1.86 bits per heavy atom. The van der Waals surface area contributed by atoms with Gasteiger partial charge in [0, 0.05) is 29.7 Å². The van der Waals surface area contributed by atoms with Crippen LogP contribution in [0.4, 0.5) is 5.69 Å². The van der Waals surface area contributed by atoms with Crippen LogP contribution in [-0.4, -0.2) is 30.5 Å². The first-order valence-corrected chi connectivity index (χ1v) is 7.17. The van der Waals surface area contributed by atoms with Crippen molar-refractivity contribution in [1.29, 1.82) is 5.26 Å². The molecule has 3 rings (SSSR count). The predicted molar refractivity (Wildman–Crippen MR) is 82.2 cm³/mol. The molecule has 1 fully saturated rings. The molecule has 2 N–H and O–H groups in total. The quantitative estimate of drug-likeness (QED) is 0.908. The standard InChI is InChI=1S/C17H18N2O2/c18-11-13-5-6-16(15-4-2-1-3-14(13)15)19-17(12-20)7-9-21-10-8-17/h1-6,19-20H,7-10,12H2. The number of rotatable bonds is 3. The van der Waals surface area contributed by atoms with Gasteiger partial charge in [-0.3, -0.25) is 0 Å². The molecule has 108 valence electrons. The van der Waals surface area contributed by atoms with Crippen LogP contribution in [0, 0.1) is 11.3 Å². The molecule has 2 aromatic carbocycles. The van der Waals surface area contributed by atoms with Crippen molar-refractivity contribution >= 4 is 16.5 Å². The van der Waals surface area contributed by atoms with Crippen molar-refractivity contribution in [2.24, 2.45) is 0 Å². The number of hydrogen-bond acceptors (Lipinski definition) is 4. The van der Waals surface area contributed by atoms with Crippen LogP contribution in [-0.2, 0) is 4.74 Å². The van der Waals surface area contributed by atoms with Crippen LogP contribution in [0.1, 0.15) is 18.4 Å². The molecule has 4 nitrogen and oxygen atoms in total. The normalized spacial score (nSPS) is 17.3. The molecule has 2 aromatic rings. The highest BCUT2D eigenvalue weighted by atomic mass is 16.5. The van der Waals surface area contributed by atoms with E-state index in [0.717, 1.165) is 29.3 Å². The molecule has 0 atom stereocenters. The van der Waals surface area contributed by atoms with Gasteiger partial charge in [0.25, 0.3) is 0 Å². The predicted octanol–water partition coefficient (Wildman–Crippen LogP) is 2.66. The molecular formula is C17H18N2O2. The third-order valence-corrected chi connectivity index (χ3v) is 4.20. The fourth-order valence-corrected chi connectivity index (χ4v) is 2.88. The van der Waals surface area contributed by atoms with E-state index in [1.54, 1.807) is 0 Å². The number of fused-ring (bicyclic) bond motifs is 1. The van der Waals surface area contributed by atoms with Crippen LogP contribution in [0.25, 0.3) is 10.8 Å². The zero-order chi connectivity index (χ0) is 14.7. The molecule has 0 saturated carbocycles. The van der Waals surface area contributed by atoms with Gasteiger partial charge in [0.2, 0.25) is 0 Å². The average Bonchev–Trinajstić information content (AvgIpc) is 2.56. The molecule has 0 spiro atoms. The maximum Gasteiger partial charge on any atom is 0.0998 e. The SMILES string of the molecule is N#Cc1ccc(NC2(CO)CCOCC2)c2ccccc12. The van der Waals surface area contributed by atoms with E-state index in [9.17, 15) is 10.4 Å². The lowest BCUT2D eigenvalue weighted by Gasteiger charge is -2.37. The third-order valence-electron chi connectivity index (χ3n) is 4.20. The fourth-order valence-electron chi connectivity index (χ4n) is 2.88. The topological polar surface area (TPSA) is 65.3 Å². The minimum absolute atomic E-state index is 0.0741. The van der Waals surface area contributed by atoms with Crippen molar-refractivity contribution in [2.75, 3.05) is 25.1 Å². The molecule has 1 aliphatic rings. The van der Waals surface area contributed by atoms with E-state index in [1.165, 1.54) is 0 Å². The molecule has 0 aliphatic carbocycles. The van der Waals surface area contributed by atoms with E-state index in [4.69, 9.17) is 4.74 Å². The Bertz CT molecular complexity index is 685. The molecule has 21 heavy (non-hydrogen) atoms. The van der Waals surface area contributed by atoms with Crippen LogP contribution >= 0.6 is 0 Å². The van der Waals surface area contributed by atoms with Gasteiger partial charge in [0.05, 0.1) is 23.8 Å². The van der Waals surface area contributed by atoms with E-state index in [-0.39, 0.29) is 12.1 Å². The molecule has 0 bridgehead atoms. The summed E-state index contributed by atoms with van der Waals surface area (Å²) in [6.07, 6.45) is 1.55. The van der Waals surface area contributed by atoms with Gasteiger partial charge in [-0.05, 0) is 25.0 Å². The van der Waals surface area contributed by atoms with Crippen molar-refractivity contribution in [1.82, 2.24) is 0 Å². The lowest BCUT2D eigenvalue weighted by Crippen LogP contribution is -2.46. The number of ether oxygens (including phenoxy) is 1. The summed E-state index contributed by atoms with van der Waals surface area (Å²) in [7, 11) is 0. The first-order valence-electron chi connectivity index (χ1n) is 7.17. The summed E-state index contributed by atoms with van der Waals surface area (Å²) in [5.41, 5.74) is 1.29. The molecule has 1 heterocycles. The van der Waals surface area contributed by atoms with E-state index >= 15 is 0 Å². The Hall–Kier alpha value is -2.09. The second kappa shape index (κ2) is 5.72. The lowest BCUT2D eigenvalue weighted by atomic mass is 9.90. The van der Waals surface area contributed by atoms with Crippen LogP contribution in [0.5, 0.6) is 0 Å². The van der Waals surface area contributed by atoms with E-state index in [2.05, 4.69) is 11.4 Å². The molecule has 0 unspecified atom stereocenters.